The van der Waals surface area contributed by atoms with Crippen LogP contribution in [0.15, 0.2) is 65.7 Å². The fraction of sp³-hybridized carbons (Fsp3) is 0.143. The molecule has 0 radical (unpaired) electrons. The Labute approximate surface area is 161 Å². The monoisotopic (exact) mass is 374 g/mol. The average molecular weight is 374 g/mol. The molecule has 3 aromatic rings. The Balaban J connectivity index is 1.73. The minimum atomic E-state index is -0.416. The summed E-state index contributed by atoms with van der Waals surface area (Å²) in [6, 6.07) is 17.3. The second-order valence-electron chi connectivity index (χ2n) is 5.90. The molecule has 0 fully saturated rings. The smallest absolute Gasteiger partial charge is 0.254 e. The van der Waals surface area contributed by atoms with E-state index in [-0.39, 0.29) is 12.1 Å². The van der Waals surface area contributed by atoms with E-state index in [4.69, 9.17) is 10.00 Å². The highest BCUT2D eigenvalue weighted by Gasteiger charge is 2.09. The number of nitriles is 1. The summed E-state index contributed by atoms with van der Waals surface area (Å²) in [5.41, 5.74) is 1.71. The van der Waals surface area contributed by atoms with E-state index in [1.165, 1.54) is 17.0 Å². The molecule has 7 nitrogen and oxygen atoms in total. The molecule has 0 aliphatic heterocycles. The van der Waals surface area contributed by atoms with Crippen molar-refractivity contribution in [3.63, 3.8) is 0 Å². The number of hydrogen-bond acceptors (Lipinski definition) is 5. The first-order valence-corrected chi connectivity index (χ1v) is 8.69. The van der Waals surface area contributed by atoms with Crippen LogP contribution in [0.25, 0.3) is 11.3 Å². The number of amides is 1. The van der Waals surface area contributed by atoms with Crippen LogP contribution in [-0.4, -0.2) is 22.1 Å². The Bertz CT molecular complexity index is 1080. The van der Waals surface area contributed by atoms with Crippen molar-refractivity contribution >= 4 is 11.6 Å². The molecule has 1 amide bonds. The van der Waals surface area contributed by atoms with Gasteiger partial charge in [0.05, 0.1) is 29.9 Å². The Hall–Kier alpha value is -3.92. The van der Waals surface area contributed by atoms with Gasteiger partial charge in [0, 0.05) is 11.6 Å². The predicted octanol–water partition coefficient (Wildman–Crippen LogP) is 2.82. The summed E-state index contributed by atoms with van der Waals surface area (Å²) >= 11 is 0. The Morgan fingerprint density at radius 1 is 1.21 bits per heavy atom. The van der Waals surface area contributed by atoms with Gasteiger partial charge in [-0.2, -0.15) is 5.26 Å². The van der Waals surface area contributed by atoms with Crippen molar-refractivity contribution in [3.05, 3.63) is 76.8 Å². The van der Waals surface area contributed by atoms with Crippen molar-refractivity contribution in [2.45, 2.75) is 13.5 Å². The van der Waals surface area contributed by atoms with E-state index < -0.39 is 5.91 Å². The largest absolute Gasteiger partial charge is 0.494 e. The van der Waals surface area contributed by atoms with Gasteiger partial charge in [-0.1, -0.05) is 12.1 Å². The van der Waals surface area contributed by atoms with Crippen molar-refractivity contribution < 1.29 is 9.53 Å². The van der Waals surface area contributed by atoms with E-state index in [1.54, 1.807) is 24.3 Å². The molecule has 3 rings (SSSR count). The third-order valence-electron chi connectivity index (χ3n) is 3.98. The number of ether oxygens (including phenoxy) is 1. The number of nitrogens with zero attached hydrogens (tertiary/aromatic N) is 3. The standard InChI is InChI=1S/C21H18N4O3/c1-2-28-17-9-7-15(8-10-17)19-11-21(27)25(14-23-19)13-20(26)24-18-6-4-3-5-16(18)12-22/h3-11,14H,2,13H2,1H3,(H,24,26). The van der Waals surface area contributed by atoms with Gasteiger partial charge in [0.2, 0.25) is 5.91 Å². The van der Waals surface area contributed by atoms with Crippen LogP contribution in [0.5, 0.6) is 5.75 Å². The van der Waals surface area contributed by atoms with E-state index in [2.05, 4.69) is 10.3 Å². The second kappa shape index (κ2) is 8.64. The number of benzene rings is 2. The van der Waals surface area contributed by atoms with Gasteiger partial charge < -0.3 is 10.1 Å². The van der Waals surface area contributed by atoms with Crippen LogP contribution < -0.4 is 15.6 Å². The number of carbonyl (C=O) groups is 1. The van der Waals surface area contributed by atoms with Crippen LogP contribution in [0.1, 0.15) is 12.5 Å². The molecule has 140 valence electrons. The van der Waals surface area contributed by atoms with Crippen LogP contribution in [0, 0.1) is 11.3 Å². The fourth-order valence-electron chi connectivity index (χ4n) is 2.63. The number of anilines is 1. The van der Waals surface area contributed by atoms with Crippen molar-refractivity contribution in [1.82, 2.24) is 9.55 Å². The zero-order valence-corrected chi connectivity index (χ0v) is 15.3. The summed E-state index contributed by atoms with van der Waals surface area (Å²) in [6.07, 6.45) is 1.34. The van der Waals surface area contributed by atoms with Crippen molar-refractivity contribution in [1.29, 1.82) is 5.26 Å². The molecule has 28 heavy (non-hydrogen) atoms. The first kappa shape index (κ1) is 18.9. The number of para-hydroxylation sites is 1. The molecule has 0 saturated carbocycles. The summed E-state index contributed by atoms with van der Waals surface area (Å²) in [5.74, 6) is 0.328. The lowest BCUT2D eigenvalue weighted by Crippen LogP contribution is -2.27. The van der Waals surface area contributed by atoms with E-state index >= 15 is 0 Å². The highest BCUT2D eigenvalue weighted by atomic mass is 16.5. The molecule has 1 N–H and O–H groups in total. The topological polar surface area (TPSA) is 97.0 Å². The number of nitrogens with one attached hydrogen (secondary N) is 1. The minimum absolute atomic E-state index is 0.199. The zero-order valence-electron chi connectivity index (χ0n) is 15.3. The summed E-state index contributed by atoms with van der Waals surface area (Å²) in [4.78, 5) is 28.9. The molecular weight excluding hydrogens is 356 g/mol. The Morgan fingerprint density at radius 2 is 1.96 bits per heavy atom. The average Bonchev–Trinajstić information content (AvgIpc) is 2.71. The highest BCUT2D eigenvalue weighted by molar-refractivity contribution is 5.91. The SMILES string of the molecule is CCOc1ccc(-c2cc(=O)n(CC(=O)Nc3ccccc3C#N)cn2)cc1. The Morgan fingerprint density at radius 3 is 2.64 bits per heavy atom. The van der Waals surface area contributed by atoms with E-state index in [0.717, 1.165) is 11.3 Å². The molecule has 0 aliphatic rings. The number of hydrogen-bond donors (Lipinski definition) is 1. The first-order valence-electron chi connectivity index (χ1n) is 8.69. The van der Waals surface area contributed by atoms with Gasteiger partial charge in [0.1, 0.15) is 18.4 Å². The van der Waals surface area contributed by atoms with Gasteiger partial charge in [-0.05, 0) is 43.3 Å². The van der Waals surface area contributed by atoms with Crippen LogP contribution in [0.4, 0.5) is 5.69 Å². The van der Waals surface area contributed by atoms with Gasteiger partial charge in [0.15, 0.2) is 0 Å². The van der Waals surface area contributed by atoms with Crippen LogP contribution >= 0.6 is 0 Å². The third-order valence-corrected chi connectivity index (χ3v) is 3.98. The third kappa shape index (κ3) is 4.43. The lowest BCUT2D eigenvalue weighted by atomic mass is 10.1. The van der Waals surface area contributed by atoms with Gasteiger partial charge in [-0.3, -0.25) is 14.2 Å². The molecule has 1 heterocycles. The summed E-state index contributed by atoms with van der Waals surface area (Å²) in [5, 5.41) is 11.7. The van der Waals surface area contributed by atoms with E-state index in [9.17, 15) is 9.59 Å². The molecule has 0 unspecified atom stereocenters. The summed E-state index contributed by atoms with van der Waals surface area (Å²) in [7, 11) is 0. The second-order valence-corrected chi connectivity index (χ2v) is 5.90. The molecular formula is C21H18N4O3. The maximum atomic E-state index is 12.4. The van der Waals surface area contributed by atoms with Crippen LogP contribution in [0.2, 0.25) is 0 Å². The zero-order chi connectivity index (χ0) is 19.9. The van der Waals surface area contributed by atoms with E-state index in [1.807, 2.05) is 37.3 Å². The van der Waals surface area contributed by atoms with Gasteiger partial charge >= 0.3 is 0 Å². The maximum absolute atomic E-state index is 12.4. The lowest BCUT2D eigenvalue weighted by Gasteiger charge is -2.09. The van der Waals surface area contributed by atoms with E-state index in [0.29, 0.717) is 23.6 Å². The van der Waals surface area contributed by atoms with Crippen molar-refractivity contribution in [3.8, 4) is 23.1 Å². The summed E-state index contributed by atoms with van der Waals surface area (Å²) in [6.45, 7) is 2.29. The number of rotatable bonds is 6. The fourth-order valence-corrected chi connectivity index (χ4v) is 2.63. The van der Waals surface area contributed by atoms with Crippen LogP contribution in [0.3, 0.4) is 0 Å². The molecule has 0 spiro atoms. The number of carbonyl (C=O) groups excluding carboxylic acids is 1. The minimum Gasteiger partial charge on any atom is -0.494 e. The van der Waals surface area contributed by atoms with Gasteiger partial charge in [-0.15, -0.1) is 0 Å². The first-order chi connectivity index (χ1) is 13.6. The van der Waals surface area contributed by atoms with Gasteiger partial charge in [0.25, 0.3) is 5.56 Å². The number of aromatic nitrogens is 2. The molecule has 0 aliphatic carbocycles. The molecule has 0 bridgehead atoms. The Kier molecular flexibility index (Phi) is 5.82. The predicted molar refractivity (Wildman–Crippen MR) is 105 cm³/mol. The van der Waals surface area contributed by atoms with Crippen molar-refractivity contribution in [2.75, 3.05) is 11.9 Å². The molecule has 1 aromatic heterocycles. The van der Waals surface area contributed by atoms with Crippen molar-refractivity contribution in [2.24, 2.45) is 0 Å². The normalized spacial score (nSPS) is 10.1. The van der Waals surface area contributed by atoms with Gasteiger partial charge in [-0.25, -0.2) is 4.98 Å². The molecule has 2 aromatic carbocycles. The molecule has 7 heteroatoms. The molecule has 0 atom stereocenters. The molecule has 0 saturated heterocycles. The van der Waals surface area contributed by atoms with Crippen LogP contribution in [-0.2, 0) is 11.3 Å². The maximum Gasteiger partial charge on any atom is 0.254 e. The quantitative estimate of drug-likeness (QED) is 0.716. The highest BCUT2D eigenvalue weighted by Crippen LogP contribution is 2.19. The summed E-state index contributed by atoms with van der Waals surface area (Å²) < 4.78 is 6.61. The lowest BCUT2D eigenvalue weighted by molar-refractivity contribution is -0.116.